The second kappa shape index (κ2) is 7.44. The summed E-state index contributed by atoms with van der Waals surface area (Å²) >= 11 is 0. The Bertz CT molecular complexity index is 640. The summed E-state index contributed by atoms with van der Waals surface area (Å²) in [5, 5.41) is 7.00. The largest absolute Gasteiger partial charge is 0.356 e. The first-order valence-electron chi connectivity index (χ1n) is 8.50. The van der Waals surface area contributed by atoms with Crippen molar-refractivity contribution < 1.29 is 9.32 Å². The van der Waals surface area contributed by atoms with E-state index < -0.39 is 0 Å². The number of hydrogen-bond donors (Lipinski definition) is 1. The number of rotatable bonds is 5. The van der Waals surface area contributed by atoms with Crippen LogP contribution < -0.4 is 5.32 Å². The molecular weight excluding hydrogens is 288 g/mol. The monoisotopic (exact) mass is 312 g/mol. The minimum Gasteiger partial charge on any atom is -0.356 e. The summed E-state index contributed by atoms with van der Waals surface area (Å²) in [5.74, 6) is 1.42. The predicted molar refractivity (Wildman–Crippen MR) is 89.7 cm³/mol. The number of benzene rings is 1. The molecule has 1 aliphatic carbocycles. The van der Waals surface area contributed by atoms with Crippen LogP contribution in [0.5, 0.6) is 0 Å². The van der Waals surface area contributed by atoms with Gasteiger partial charge < -0.3 is 9.84 Å². The fourth-order valence-corrected chi connectivity index (χ4v) is 3.16. The quantitative estimate of drug-likeness (QED) is 0.898. The van der Waals surface area contributed by atoms with Gasteiger partial charge in [-0.25, -0.2) is 0 Å². The first-order valence-corrected chi connectivity index (χ1v) is 8.50. The average Bonchev–Trinajstić information content (AvgIpc) is 3.04. The van der Waals surface area contributed by atoms with E-state index >= 15 is 0 Å². The third-order valence-electron chi connectivity index (χ3n) is 4.56. The summed E-state index contributed by atoms with van der Waals surface area (Å²) in [7, 11) is 0. The highest BCUT2D eigenvalue weighted by atomic mass is 16.5. The van der Waals surface area contributed by atoms with Crippen molar-refractivity contribution in [1.82, 2.24) is 10.5 Å². The molecule has 1 saturated carbocycles. The summed E-state index contributed by atoms with van der Waals surface area (Å²) in [6, 6.07) is 10.0. The Morgan fingerprint density at radius 3 is 2.70 bits per heavy atom. The van der Waals surface area contributed by atoms with Gasteiger partial charge >= 0.3 is 0 Å². The van der Waals surface area contributed by atoms with E-state index in [4.69, 9.17) is 4.52 Å². The second-order valence-corrected chi connectivity index (χ2v) is 6.53. The highest BCUT2D eigenvalue weighted by molar-refractivity contribution is 5.76. The van der Waals surface area contributed by atoms with Gasteiger partial charge in [0.1, 0.15) is 5.69 Å². The third kappa shape index (κ3) is 4.44. The zero-order valence-corrected chi connectivity index (χ0v) is 13.7. The predicted octanol–water partition coefficient (Wildman–Crippen LogP) is 4.24. The zero-order chi connectivity index (χ0) is 16.1. The van der Waals surface area contributed by atoms with Gasteiger partial charge in [0, 0.05) is 18.1 Å². The molecule has 0 atom stereocenters. The lowest BCUT2D eigenvalue weighted by atomic mass is 9.87. The van der Waals surface area contributed by atoms with E-state index in [1.54, 1.807) is 0 Å². The topological polar surface area (TPSA) is 55.1 Å². The Labute approximate surface area is 137 Å². The normalized spacial score (nSPS) is 15.5. The van der Waals surface area contributed by atoms with E-state index in [1.807, 2.05) is 30.3 Å². The first kappa shape index (κ1) is 15.8. The van der Waals surface area contributed by atoms with Crippen LogP contribution in [0.2, 0.25) is 0 Å². The van der Waals surface area contributed by atoms with Crippen LogP contribution in [-0.4, -0.2) is 11.1 Å². The van der Waals surface area contributed by atoms with Crippen LogP contribution in [0.25, 0.3) is 11.3 Å². The van der Waals surface area contributed by atoms with Gasteiger partial charge in [0.05, 0.1) is 6.54 Å². The third-order valence-corrected chi connectivity index (χ3v) is 4.56. The Hall–Kier alpha value is -2.10. The lowest BCUT2D eigenvalue weighted by Crippen LogP contribution is -2.26. The van der Waals surface area contributed by atoms with Crippen molar-refractivity contribution >= 4 is 5.91 Å². The highest BCUT2D eigenvalue weighted by Gasteiger charge is 2.17. The Kier molecular flexibility index (Phi) is 5.11. The number of aryl methyl sites for hydroxylation is 1. The van der Waals surface area contributed by atoms with Gasteiger partial charge in [-0.15, -0.1) is 0 Å². The number of aromatic nitrogens is 1. The fourth-order valence-electron chi connectivity index (χ4n) is 3.16. The summed E-state index contributed by atoms with van der Waals surface area (Å²) in [4.78, 5) is 12.0. The van der Waals surface area contributed by atoms with E-state index in [1.165, 1.54) is 37.7 Å². The maximum Gasteiger partial charge on any atom is 0.220 e. The van der Waals surface area contributed by atoms with Gasteiger partial charge in [0.2, 0.25) is 5.91 Å². The molecule has 0 aliphatic heterocycles. The van der Waals surface area contributed by atoms with E-state index in [0.717, 1.165) is 17.0 Å². The molecule has 1 amide bonds. The lowest BCUT2D eigenvalue weighted by Gasteiger charge is -2.20. The van der Waals surface area contributed by atoms with Gasteiger partial charge in [-0.2, -0.15) is 0 Å². The van der Waals surface area contributed by atoms with Crippen LogP contribution >= 0.6 is 0 Å². The van der Waals surface area contributed by atoms with Gasteiger partial charge in [0.25, 0.3) is 0 Å². The first-order chi connectivity index (χ1) is 11.2. The van der Waals surface area contributed by atoms with Gasteiger partial charge in [-0.05, 0) is 25.7 Å². The fraction of sp³-hybridized carbons (Fsp3) is 0.474. The molecule has 4 heteroatoms. The van der Waals surface area contributed by atoms with E-state index in [9.17, 15) is 4.79 Å². The number of hydrogen-bond acceptors (Lipinski definition) is 3. The van der Waals surface area contributed by atoms with Crippen LogP contribution in [0.15, 0.2) is 34.9 Å². The van der Waals surface area contributed by atoms with Crippen molar-refractivity contribution in [2.45, 2.75) is 52.0 Å². The summed E-state index contributed by atoms with van der Waals surface area (Å²) in [6.45, 7) is 2.48. The molecule has 122 valence electrons. The van der Waals surface area contributed by atoms with Gasteiger partial charge in [-0.3, -0.25) is 4.79 Å². The minimum atomic E-state index is 0.122. The maximum absolute atomic E-state index is 12.0. The number of nitrogens with one attached hydrogen (secondary N) is 1. The summed E-state index contributed by atoms with van der Waals surface area (Å²) in [5.41, 5.74) is 2.98. The molecule has 1 N–H and O–H groups in total. The number of nitrogens with zero attached hydrogens (tertiary/aromatic N) is 1. The lowest BCUT2D eigenvalue weighted by molar-refractivity contribution is -0.122. The number of carbonyl (C=O) groups excluding carboxylic acids is 1. The van der Waals surface area contributed by atoms with Gasteiger partial charge in [0.15, 0.2) is 5.76 Å². The smallest absolute Gasteiger partial charge is 0.220 e. The molecule has 23 heavy (non-hydrogen) atoms. The van der Waals surface area contributed by atoms with E-state index in [0.29, 0.717) is 18.9 Å². The Balaban J connectivity index is 1.50. The van der Waals surface area contributed by atoms with Crippen molar-refractivity contribution in [2.75, 3.05) is 0 Å². The summed E-state index contributed by atoms with van der Waals surface area (Å²) < 4.78 is 5.37. The van der Waals surface area contributed by atoms with E-state index in [2.05, 4.69) is 17.4 Å². The Morgan fingerprint density at radius 2 is 1.96 bits per heavy atom. The average molecular weight is 312 g/mol. The van der Waals surface area contributed by atoms with Crippen molar-refractivity contribution in [3.05, 3.63) is 41.6 Å². The molecule has 1 aliphatic rings. The zero-order valence-electron chi connectivity index (χ0n) is 13.7. The number of amides is 1. The van der Waals surface area contributed by atoms with Crippen LogP contribution in [0.3, 0.4) is 0 Å². The number of carbonyl (C=O) groups is 1. The van der Waals surface area contributed by atoms with Crippen molar-refractivity contribution in [1.29, 1.82) is 0 Å². The van der Waals surface area contributed by atoms with Crippen LogP contribution in [0, 0.1) is 12.8 Å². The molecule has 1 aromatic carbocycles. The minimum absolute atomic E-state index is 0.122. The van der Waals surface area contributed by atoms with Crippen molar-refractivity contribution in [2.24, 2.45) is 5.92 Å². The maximum atomic E-state index is 12.0. The Morgan fingerprint density at radius 1 is 1.22 bits per heavy atom. The molecule has 1 heterocycles. The molecule has 2 aromatic rings. The molecule has 0 bridgehead atoms. The molecule has 4 nitrogen and oxygen atoms in total. The molecule has 0 spiro atoms. The second-order valence-electron chi connectivity index (χ2n) is 6.53. The molecule has 1 fully saturated rings. The van der Waals surface area contributed by atoms with Crippen molar-refractivity contribution in [3.8, 4) is 11.3 Å². The molecule has 0 saturated heterocycles. The SMILES string of the molecule is Cc1ccc(-c2cc(CNC(=O)CC3CCCCC3)no2)cc1. The summed E-state index contributed by atoms with van der Waals surface area (Å²) in [6.07, 6.45) is 6.87. The molecular formula is C19H24N2O2. The van der Waals surface area contributed by atoms with Crippen LogP contribution in [0.4, 0.5) is 0 Å². The molecule has 0 unspecified atom stereocenters. The van der Waals surface area contributed by atoms with Gasteiger partial charge in [-0.1, -0.05) is 54.2 Å². The molecule has 1 aromatic heterocycles. The molecule has 3 rings (SSSR count). The standard InChI is InChI=1S/C19H24N2O2/c1-14-7-9-16(10-8-14)18-12-17(21-23-18)13-20-19(22)11-15-5-3-2-4-6-15/h7-10,12,15H,2-6,11,13H2,1H3,(H,20,22). The molecule has 0 radical (unpaired) electrons. The van der Waals surface area contributed by atoms with Crippen LogP contribution in [-0.2, 0) is 11.3 Å². The highest BCUT2D eigenvalue weighted by Crippen LogP contribution is 2.26. The van der Waals surface area contributed by atoms with Crippen molar-refractivity contribution in [3.63, 3.8) is 0 Å². The van der Waals surface area contributed by atoms with Crippen LogP contribution in [0.1, 0.15) is 49.8 Å². The van der Waals surface area contributed by atoms with E-state index in [-0.39, 0.29) is 5.91 Å².